The number of hydrogen-bond acceptors (Lipinski definition) is 4. The van der Waals surface area contributed by atoms with Gasteiger partial charge in [0, 0.05) is 0 Å². The molecule has 0 aliphatic carbocycles. The van der Waals surface area contributed by atoms with Crippen LogP contribution in [0.15, 0.2) is 6.07 Å². The minimum absolute atomic E-state index is 0.0640. The fraction of sp³-hybridized carbons (Fsp3) is 0.286. The number of halogens is 2. The second-order valence-electron chi connectivity index (χ2n) is 2.56. The van der Waals surface area contributed by atoms with Crippen molar-refractivity contribution < 1.29 is 18.8 Å². The van der Waals surface area contributed by atoms with Crippen molar-refractivity contribution in [3.63, 3.8) is 0 Å². The molecule has 0 unspecified atom stereocenters. The normalized spacial score (nSPS) is 10.6. The Labute approximate surface area is 77.2 Å². The second kappa shape index (κ2) is 3.52. The minimum Gasteiger partial charge on any atom is -0.506 e. The lowest BCUT2D eigenvalue weighted by atomic mass is 10.2. The Balaban J connectivity index is 3.39. The van der Waals surface area contributed by atoms with Crippen molar-refractivity contribution in [1.82, 2.24) is 4.98 Å². The summed E-state index contributed by atoms with van der Waals surface area (Å²) in [5.74, 6) is -0.471. The van der Waals surface area contributed by atoms with Crippen LogP contribution in [0.2, 0.25) is 0 Å². The number of nitro groups is 1. The highest BCUT2D eigenvalue weighted by Gasteiger charge is 2.25. The van der Waals surface area contributed by atoms with Crippen molar-refractivity contribution in [3.05, 3.63) is 27.6 Å². The predicted molar refractivity (Wildman–Crippen MR) is 42.3 cm³/mol. The van der Waals surface area contributed by atoms with Gasteiger partial charge in [-0.3, -0.25) is 10.1 Å². The molecule has 0 spiro atoms. The lowest BCUT2D eigenvalue weighted by Gasteiger charge is -2.03. The van der Waals surface area contributed by atoms with E-state index in [0.29, 0.717) is 6.07 Å². The number of nitrogens with zero attached hydrogens (tertiary/aromatic N) is 2. The van der Waals surface area contributed by atoms with Crippen LogP contribution in [0.5, 0.6) is 5.75 Å². The topological polar surface area (TPSA) is 76.3 Å². The molecule has 76 valence electrons. The fourth-order valence-corrected chi connectivity index (χ4v) is 0.910. The van der Waals surface area contributed by atoms with Gasteiger partial charge in [0.25, 0.3) is 12.1 Å². The summed E-state index contributed by atoms with van der Waals surface area (Å²) < 4.78 is 24.5. The Bertz CT molecular complexity index is 381. The number of aromatic nitrogens is 1. The van der Waals surface area contributed by atoms with E-state index in [-0.39, 0.29) is 5.69 Å². The molecule has 0 radical (unpaired) electrons. The average Bonchev–Trinajstić information content (AvgIpc) is 2.08. The summed E-state index contributed by atoms with van der Waals surface area (Å²) in [6.45, 7) is 1.28. The van der Waals surface area contributed by atoms with E-state index in [1.54, 1.807) is 0 Å². The minimum atomic E-state index is -3.03. The Hall–Kier alpha value is -1.79. The first-order chi connectivity index (χ1) is 6.43. The monoisotopic (exact) mass is 204 g/mol. The van der Waals surface area contributed by atoms with Gasteiger partial charge in [-0.1, -0.05) is 0 Å². The maximum Gasteiger partial charge on any atom is 0.300 e. The molecule has 1 N–H and O–H groups in total. The Morgan fingerprint density at radius 1 is 1.64 bits per heavy atom. The molecule has 0 bridgehead atoms. The van der Waals surface area contributed by atoms with Gasteiger partial charge in [0.1, 0.15) is 5.75 Å². The third kappa shape index (κ3) is 1.76. The summed E-state index contributed by atoms with van der Waals surface area (Å²) in [6.07, 6.45) is -3.03. The molecule has 1 aromatic rings. The number of aromatic hydroxyl groups is 1. The van der Waals surface area contributed by atoms with Crippen molar-refractivity contribution in [2.24, 2.45) is 0 Å². The van der Waals surface area contributed by atoms with Crippen molar-refractivity contribution in [1.29, 1.82) is 0 Å². The fourth-order valence-electron chi connectivity index (χ4n) is 0.910. The van der Waals surface area contributed by atoms with Gasteiger partial charge in [-0.05, 0) is 6.92 Å². The number of rotatable bonds is 2. The molecule has 0 fully saturated rings. The van der Waals surface area contributed by atoms with Crippen LogP contribution in [0, 0.1) is 17.0 Å². The molecular weight excluding hydrogens is 198 g/mol. The van der Waals surface area contributed by atoms with Crippen molar-refractivity contribution in [2.75, 3.05) is 0 Å². The summed E-state index contributed by atoms with van der Waals surface area (Å²) >= 11 is 0. The van der Waals surface area contributed by atoms with E-state index in [0.717, 1.165) is 0 Å². The first-order valence-electron chi connectivity index (χ1n) is 3.56. The Kier molecular flexibility index (Phi) is 2.59. The SMILES string of the molecule is Cc1nc(C(F)F)c([N+](=O)[O-])cc1O. The van der Waals surface area contributed by atoms with Crippen LogP contribution in [0.3, 0.4) is 0 Å². The predicted octanol–water partition coefficient (Wildman–Crippen LogP) is 1.94. The molecule has 7 heteroatoms. The van der Waals surface area contributed by atoms with Crippen LogP contribution in [0.25, 0.3) is 0 Å². The summed E-state index contributed by atoms with van der Waals surface area (Å²) in [6, 6.07) is 0.670. The van der Waals surface area contributed by atoms with Crippen LogP contribution >= 0.6 is 0 Å². The van der Waals surface area contributed by atoms with E-state index >= 15 is 0 Å². The summed E-state index contributed by atoms with van der Waals surface area (Å²) in [7, 11) is 0. The number of pyridine rings is 1. The molecule has 1 rings (SSSR count). The first-order valence-corrected chi connectivity index (χ1v) is 3.56. The van der Waals surface area contributed by atoms with E-state index in [2.05, 4.69) is 4.98 Å². The zero-order valence-corrected chi connectivity index (χ0v) is 7.07. The lowest BCUT2D eigenvalue weighted by Crippen LogP contribution is -2.00. The average molecular weight is 204 g/mol. The molecule has 0 amide bonds. The van der Waals surface area contributed by atoms with Gasteiger partial charge in [-0.25, -0.2) is 13.8 Å². The van der Waals surface area contributed by atoms with Gasteiger partial charge in [-0.2, -0.15) is 0 Å². The van der Waals surface area contributed by atoms with Gasteiger partial charge in [0.15, 0.2) is 5.69 Å². The molecule has 14 heavy (non-hydrogen) atoms. The number of hydrogen-bond donors (Lipinski definition) is 1. The van der Waals surface area contributed by atoms with E-state index < -0.39 is 28.5 Å². The maximum absolute atomic E-state index is 12.3. The highest BCUT2D eigenvalue weighted by Crippen LogP contribution is 2.31. The molecule has 0 atom stereocenters. The second-order valence-corrected chi connectivity index (χ2v) is 2.56. The van der Waals surface area contributed by atoms with Gasteiger partial charge in [0.05, 0.1) is 16.7 Å². The van der Waals surface area contributed by atoms with Crippen LogP contribution in [0.4, 0.5) is 14.5 Å². The van der Waals surface area contributed by atoms with E-state index in [1.165, 1.54) is 6.92 Å². The third-order valence-electron chi connectivity index (χ3n) is 1.60. The standard InChI is InChI=1S/C7H6F2N2O3/c1-3-5(12)2-4(11(13)14)6(10-3)7(8)9/h2,7,12H,1H3. The smallest absolute Gasteiger partial charge is 0.300 e. The van der Waals surface area contributed by atoms with Crippen LogP contribution in [-0.4, -0.2) is 15.0 Å². The van der Waals surface area contributed by atoms with Crippen LogP contribution in [-0.2, 0) is 0 Å². The van der Waals surface area contributed by atoms with Crippen molar-refractivity contribution in [2.45, 2.75) is 13.3 Å². The maximum atomic E-state index is 12.3. The zero-order chi connectivity index (χ0) is 10.9. The Morgan fingerprint density at radius 2 is 2.21 bits per heavy atom. The molecule has 0 aromatic carbocycles. The van der Waals surface area contributed by atoms with Crippen molar-refractivity contribution >= 4 is 5.69 Å². The third-order valence-corrected chi connectivity index (χ3v) is 1.60. The Morgan fingerprint density at radius 3 is 2.64 bits per heavy atom. The number of alkyl halides is 2. The molecule has 1 heterocycles. The first kappa shape index (κ1) is 10.3. The lowest BCUT2D eigenvalue weighted by molar-refractivity contribution is -0.386. The van der Waals surface area contributed by atoms with E-state index in [4.69, 9.17) is 5.11 Å². The molecular formula is C7H6F2N2O3. The highest BCUT2D eigenvalue weighted by molar-refractivity contribution is 5.44. The van der Waals surface area contributed by atoms with Gasteiger partial charge in [-0.15, -0.1) is 0 Å². The van der Waals surface area contributed by atoms with Crippen molar-refractivity contribution in [3.8, 4) is 5.75 Å². The molecule has 1 aromatic heterocycles. The van der Waals surface area contributed by atoms with Gasteiger partial charge in [0.2, 0.25) is 0 Å². The summed E-state index contributed by atoms with van der Waals surface area (Å²) in [5.41, 5.74) is -1.86. The number of aryl methyl sites for hydroxylation is 1. The van der Waals surface area contributed by atoms with Crippen LogP contribution < -0.4 is 0 Å². The summed E-state index contributed by atoms with van der Waals surface area (Å²) in [4.78, 5) is 12.6. The largest absolute Gasteiger partial charge is 0.506 e. The van der Waals surface area contributed by atoms with E-state index in [1.807, 2.05) is 0 Å². The van der Waals surface area contributed by atoms with Crippen LogP contribution in [0.1, 0.15) is 17.8 Å². The molecule has 0 saturated carbocycles. The zero-order valence-electron chi connectivity index (χ0n) is 7.07. The molecule has 0 aliphatic heterocycles. The molecule has 5 nitrogen and oxygen atoms in total. The molecule has 0 saturated heterocycles. The quantitative estimate of drug-likeness (QED) is 0.589. The van der Waals surface area contributed by atoms with Gasteiger partial charge >= 0.3 is 0 Å². The highest BCUT2D eigenvalue weighted by atomic mass is 19.3. The van der Waals surface area contributed by atoms with E-state index in [9.17, 15) is 18.9 Å². The van der Waals surface area contributed by atoms with Gasteiger partial charge < -0.3 is 5.11 Å². The summed E-state index contributed by atoms with van der Waals surface area (Å²) in [5, 5.41) is 19.4. The molecule has 0 aliphatic rings.